The van der Waals surface area contributed by atoms with Gasteiger partial charge < -0.3 is 5.11 Å². The van der Waals surface area contributed by atoms with Crippen molar-refractivity contribution in [1.82, 2.24) is 4.31 Å². The molecule has 1 aromatic rings. The van der Waals surface area contributed by atoms with Gasteiger partial charge in [0.05, 0.1) is 5.92 Å². The number of rotatable bonds is 3. The third kappa shape index (κ3) is 2.40. The average Bonchev–Trinajstić information content (AvgIpc) is 2.75. The second kappa shape index (κ2) is 5.10. The van der Waals surface area contributed by atoms with Crippen LogP contribution < -0.4 is 0 Å². The Hall–Kier alpha value is -1.54. The van der Waals surface area contributed by atoms with E-state index in [1.807, 2.05) is 0 Å². The van der Waals surface area contributed by atoms with Gasteiger partial charge in [-0.1, -0.05) is 13.0 Å². The van der Waals surface area contributed by atoms with Gasteiger partial charge in [0, 0.05) is 13.1 Å². The smallest absolute Gasteiger partial charge is 0.308 e. The first-order valence-electron chi connectivity index (χ1n) is 5.92. The van der Waals surface area contributed by atoms with Gasteiger partial charge in [-0.3, -0.25) is 4.79 Å². The van der Waals surface area contributed by atoms with E-state index in [-0.39, 0.29) is 19.0 Å². The molecule has 8 heteroatoms. The van der Waals surface area contributed by atoms with Crippen LogP contribution in [-0.4, -0.2) is 36.9 Å². The van der Waals surface area contributed by atoms with Crippen molar-refractivity contribution in [1.29, 1.82) is 0 Å². The predicted octanol–water partition coefficient (Wildman–Crippen LogP) is 1.31. The molecule has 0 spiro atoms. The monoisotopic (exact) mass is 305 g/mol. The van der Waals surface area contributed by atoms with Gasteiger partial charge in [0.25, 0.3) is 0 Å². The van der Waals surface area contributed by atoms with E-state index in [2.05, 4.69) is 0 Å². The molecule has 1 aliphatic rings. The third-order valence-electron chi connectivity index (χ3n) is 3.43. The molecule has 1 saturated heterocycles. The first-order chi connectivity index (χ1) is 9.25. The molecule has 0 saturated carbocycles. The quantitative estimate of drug-likeness (QED) is 0.913. The zero-order valence-corrected chi connectivity index (χ0v) is 11.4. The standard InChI is InChI=1S/C12H13F2NO4S/c1-7-5-15(6-8(7)12(16)17)20(18,19)10-4-2-3-9(13)11(10)14/h2-4,7-8H,5-6H2,1H3,(H,16,17)/t7-,8-/m1/s1. The van der Waals surface area contributed by atoms with Crippen molar-refractivity contribution in [3.8, 4) is 0 Å². The van der Waals surface area contributed by atoms with Crippen LogP contribution in [0, 0.1) is 23.5 Å². The minimum Gasteiger partial charge on any atom is -0.481 e. The molecule has 0 aromatic heterocycles. The largest absolute Gasteiger partial charge is 0.481 e. The second-order valence-electron chi connectivity index (χ2n) is 4.80. The number of hydrogen-bond donors (Lipinski definition) is 1. The van der Waals surface area contributed by atoms with Crippen LogP contribution in [0.5, 0.6) is 0 Å². The lowest BCUT2D eigenvalue weighted by molar-refractivity contribution is -0.142. The number of aliphatic carboxylic acids is 1. The maximum Gasteiger partial charge on any atom is 0.308 e. The minimum atomic E-state index is -4.24. The number of hydrogen-bond acceptors (Lipinski definition) is 3. The van der Waals surface area contributed by atoms with E-state index in [4.69, 9.17) is 5.11 Å². The van der Waals surface area contributed by atoms with Crippen LogP contribution in [0.1, 0.15) is 6.92 Å². The summed E-state index contributed by atoms with van der Waals surface area (Å²) in [6.45, 7) is 1.33. The van der Waals surface area contributed by atoms with Crippen molar-refractivity contribution in [2.75, 3.05) is 13.1 Å². The summed E-state index contributed by atoms with van der Waals surface area (Å²) >= 11 is 0. The number of carboxylic acids is 1. The van der Waals surface area contributed by atoms with Gasteiger partial charge in [0.15, 0.2) is 11.6 Å². The highest BCUT2D eigenvalue weighted by atomic mass is 32.2. The fourth-order valence-electron chi connectivity index (χ4n) is 2.26. The first kappa shape index (κ1) is 14.9. The van der Waals surface area contributed by atoms with E-state index in [0.717, 1.165) is 22.5 Å². The third-order valence-corrected chi connectivity index (χ3v) is 5.28. The molecule has 1 aromatic carbocycles. The molecule has 20 heavy (non-hydrogen) atoms. The lowest BCUT2D eigenvalue weighted by atomic mass is 9.99. The van der Waals surface area contributed by atoms with E-state index in [1.54, 1.807) is 6.92 Å². The molecular formula is C12H13F2NO4S. The molecule has 0 bridgehead atoms. The van der Waals surface area contributed by atoms with Crippen LogP contribution in [0.25, 0.3) is 0 Å². The fourth-order valence-corrected chi connectivity index (χ4v) is 3.90. The molecule has 2 atom stereocenters. The van der Waals surface area contributed by atoms with Gasteiger partial charge >= 0.3 is 5.97 Å². The van der Waals surface area contributed by atoms with Crippen molar-refractivity contribution in [3.63, 3.8) is 0 Å². The number of carboxylic acid groups (broad SMARTS) is 1. The Kier molecular flexibility index (Phi) is 3.79. The second-order valence-corrected chi connectivity index (χ2v) is 6.70. The van der Waals surface area contributed by atoms with Crippen LogP contribution >= 0.6 is 0 Å². The van der Waals surface area contributed by atoms with E-state index in [1.165, 1.54) is 0 Å². The number of halogens is 2. The van der Waals surface area contributed by atoms with Crippen LogP contribution in [0.4, 0.5) is 8.78 Å². The van der Waals surface area contributed by atoms with E-state index in [9.17, 15) is 22.0 Å². The summed E-state index contributed by atoms with van der Waals surface area (Å²) in [7, 11) is -4.24. The van der Waals surface area contributed by atoms with Gasteiger partial charge in [-0.05, 0) is 18.1 Å². The van der Waals surface area contributed by atoms with E-state index in [0.29, 0.717) is 0 Å². The molecule has 1 fully saturated rings. The van der Waals surface area contributed by atoms with Crippen molar-refractivity contribution < 1.29 is 27.1 Å². The van der Waals surface area contributed by atoms with Gasteiger partial charge in [0.2, 0.25) is 10.0 Å². The topological polar surface area (TPSA) is 74.7 Å². The van der Waals surface area contributed by atoms with Crippen LogP contribution in [0.15, 0.2) is 23.1 Å². The molecule has 1 aliphatic heterocycles. The Morgan fingerprint density at radius 2 is 2.00 bits per heavy atom. The summed E-state index contributed by atoms with van der Waals surface area (Å²) < 4.78 is 52.1. The van der Waals surface area contributed by atoms with Crippen molar-refractivity contribution in [2.24, 2.45) is 11.8 Å². The summed E-state index contributed by atoms with van der Waals surface area (Å²) in [5, 5.41) is 8.98. The Balaban J connectivity index is 2.38. The SMILES string of the molecule is C[C@@H]1CN(S(=O)(=O)c2cccc(F)c2F)C[C@H]1C(=O)O. The normalized spacial score (nSPS) is 23.9. The maximum atomic E-state index is 13.6. The van der Waals surface area contributed by atoms with Crippen LogP contribution in [0.2, 0.25) is 0 Å². The highest BCUT2D eigenvalue weighted by molar-refractivity contribution is 7.89. The Morgan fingerprint density at radius 1 is 1.35 bits per heavy atom. The summed E-state index contributed by atoms with van der Waals surface area (Å²) in [6.07, 6.45) is 0. The summed E-state index contributed by atoms with van der Waals surface area (Å²) in [5.41, 5.74) is 0. The Bertz CT molecular complexity index is 647. The van der Waals surface area contributed by atoms with Crippen molar-refractivity contribution >= 4 is 16.0 Å². The van der Waals surface area contributed by atoms with Crippen LogP contribution in [0.3, 0.4) is 0 Å². The molecule has 0 radical (unpaired) electrons. The van der Waals surface area contributed by atoms with Crippen molar-refractivity contribution in [3.05, 3.63) is 29.8 Å². The molecule has 0 unspecified atom stereocenters. The molecular weight excluding hydrogens is 292 g/mol. The number of sulfonamides is 1. The molecule has 1 heterocycles. The number of benzene rings is 1. The molecule has 2 rings (SSSR count). The molecule has 110 valence electrons. The lowest BCUT2D eigenvalue weighted by Gasteiger charge is -2.16. The van der Waals surface area contributed by atoms with Crippen molar-refractivity contribution in [2.45, 2.75) is 11.8 Å². The lowest BCUT2D eigenvalue weighted by Crippen LogP contribution is -2.30. The molecule has 1 N–H and O–H groups in total. The minimum absolute atomic E-state index is 0.0325. The molecule has 0 amide bonds. The summed E-state index contributed by atoms with van der Waals surface area (Å²) in [5.74, 6) is -5.04. The zero-order chi connectivity index (χ0) is 15.1. The van der Waals surface area contributed by atoms with Gasteiger partial charge in [-0.15, -0.1) is 0 Å². The first-order valence-corrected chi connectivity index (χ1v) is 7.36. The fraction of sp³-hybridized carbons (Fsp3) is 0.417. The Morgan fingerprint density at radius 3 is 2.55 bits per heavy atom. The van der Waals surface area contributed by atoms with Gasteiger partial charge in [0.1, 0.15) is 4.90 Å². The summed E-state index contributed by atoms with van der Waals surface area (Å²) in [6, 6.07) is 2.88. The highest BCUT2D eigenvalue weighted by Gasteiger charge is 2.41. The molecule has 5 nitrogen and oxygen atoms in total. The number of nitrogens with zero attached hydrogens (tertiary/aromatic N) is 1. The highest BCUT2D eigenvalue weighted by Crippen LogP contribution is 2.30. The van der Waals surface area contributed by atoms with Crippen LogP contribution in [-0.2, 0) is 14.8 Å². The zero-order valence-electron chi connectivity index (χ0n) is 10.6. The Labute approximate surface area is 114 Å². The summed E-state index contributed by atoms with van der Waals surface area (Å²) in [4.78, 5) is 10.2. The van der Waals surface area contributed by atoms with Gasteiger partial charge in [-0.2, -0.15) is 4.31 Å². The molecule has 0 aliphatic carbocycles. The maximum absolute atomic E-state index is 13.6. The number of carbonyl (C=O) groups is 1. The van der Waals surface area contributed by atoms with Gasteiger partial charge in [-0.25, -0.2) is 17.2 Å². The average molecular weight is 305 g/mol. The van der Waals surface area contributed by atoms with E-state index < -0.39 is 38.4 Å². The predicted molar refractivity (Wildman–Crippen MR) is 65.4 cm³/mol. The van der Waals surface area contributed by atoms with E-state index >= 15 is 0 Å².